The van der Waals surface area contributed by atoms with Crippen molar-refractivity contribution in [2.24, 2.45) is 5.92 Å². The summed E-state index contributed by atoms with van der Waals surface area (Å²) in [6.07, 6.45) is 7.20. The van der Waals surface area contributed by atoms with Gasteiger partial charge in [0.2, 0.25) is 5.91 Å². The predicted molar refractivity (Wildman–Crippen MR) is 81.7 cm³/mol. The Morgan fingerprint density at radius 3 is 2.67 bits per heavy atom. The Kier molecular flexibility index (Phi) is 4.21. The lowest BCUT2D eigenvalue weighted by Gasteiger charge is -2.39. The molecular formula is C17H21N3O. The van der Waals surface area contributed by atoms with Crippen LogP contribution in [0.15, 0.2) is 24.3 Å². The van der Waals surface area contributed by atoms with E-state index in [0.29, 0.717) is 11.6 Å². The van der Waals surface area contributed by atoms with Gasteiger partial charge in [-0.15, -0.1) is 0 Å². The molecule has 2 N–H and O–H groups in total. The van der Waals surface area contributed by atoms with Crippen molar-refractivity contribution < 1.29 is 4.79 Å². The van der Waals surface area contributed by atoms with Crippen LogP contribution in [0.25, 0.3) is 0 Å². The van der Waals surface area contributed by atoms with Crippen LogP contribution in [-0.2, 0) is 4.79 Å². The third-order valence-electron chi connectivity index (χ3n) is 4.75. The fraction of sp³-hybridized carbons (Fsp3) is 0.529. The number of hydrogen-bond donors (Lipinski definition) is 2. The van der Waals surface area contributed by atoms with E-state index in [2.05, 4.69) is 16.7 Å². The number of rotatable bonds is 2. The van der Waals surface area contributed by atoms with Gasteiger partial charge in [-0.3, -0.25) is 4.79 Å². The molecule has 1 aromatic carbocycles. The Labute approximate surface area is 125 Å². The molecule has 1 saturated heterocycles. The maximum absolute atomic E-state index is 12.4. The number of nitrogens with one attached hydrogen (secondary N) is 2. The summed E-state index contributed by atoms with van der Waals surface area (Å²) in [5.74, 6) is 0.807. The smallest absolute Gasteiger partial charge is 0.241 e. The van der Waals surface area contributed by atoms with Gasteiger partial charge >= 0.3 is 0 Å². The second-order valence-corrected chi connectivity index (χ2v) is 6.13. The lowest BCUT2D eigenvalue weighted by Crippen LogP contribution is -2.53. The Morgan fingerprint density at radius 1 is 1.14 bits per heavy atom. The molecule has 0 radical (unpaired) electrons. The van der Waals surface area contributed by atoms with E-state index < -0.39 is 0 Å². The molecule has 110 valence electrons. The van der Waals surface area contributed by atoms with Gasteiger partial charge in [0.1, 0.15) is 0 Å². The largest absolute Gasteiger partial charge is 0.325 e. The van der Waals surface area contributed by atoms with Crippen LogP contribution in [0.4, 0.5) is 5.69 Å². The van der Waals surface area contributed by atoms with E-state index in [9.17, 15) is 4.79 Å². The Bertz CT molecular complexity index is 546. The molecule has 0 bridgehead atoms. The minimum Gasteiger partial charge on any atom is -0.325 e. The minimum atomic E-state index is -0.0833. The van der Waals surface area contributed by atoms with Crippen LogP contribution in [0, 0.1) is 17.2 Å². The number of amides is 1. The third-order valence-corrected chi connectivity index (χ3v) is 4.75. The molecule has 4 heteroatoms. The van der Waals surface area contributed by atoms with E-state index in [0.717, 1.165) is 24.4 Å². The molecule has 4 nitrogen and oxygen atoms in total. The molecule has 0 aromatic heterocycles. The van der Waals surface area contributed by atoms with Gasteiger partial charge in [0, 0.05) is 11.7 Å². The zero-order valence-corrected chi connectivity index (χ0v) is 12.1. The second kappa shape index (κ2) is 6.28. The van der Waals surface area contributed by atoms with Gasteiger partial charge in [0.15, 0.2) is 0 Å². The summed E-state index contributed by atoms with van der Waals surface area (Å²) in [5.41, 5.74) is 1.36. The molecule has 0 spiro atoms. The molecule has 1 heterocycles. The summed E-state index contributed by atoms with van der Waals surface area (Å²) in [4.78, 5) is 12.4. The van der Waals surface area contributed by atoms with Crippen LogP contribution in [0.1, 0.15) is 44.1 Å². The summed E-state index contributed by atoms with van der Waals surface area (Å²) in [7, 11) is 0. The highest BCUT2D eigenvalue weighted by molar-refractivity contribution is 5.94. The molecule has 1 saturated carbocycles. The summed E-state index contributed by atoms with van der Waals surface area (Å²) < 4.78 is 0. The molecule has 21 heavy (non-hydrogen) atoms. The van der Waals surface area contributed by atoms with E-state index >= 15 is 0 Å². The number of fused-ring (bicyclic) bond motifs is 1. The van der Waals surface area contributed by atoms with Crippen LogP contribution >= 0.6 is 0 Å². The average molecular weight is 283 g/mol. The number of nitrogens with zero attached hydrogens (tertiary/aromatic N) is 1. The Morgan fingerprint density at radius 2 is 1.90 bits per heavy atom. The summed E-state index contributed by atoms with van der Waals surface area (Å²) in [5, 5.41) is 15.3. The first-order chi connectivity index (χ1) is 10.3. The highest BCUT2D eigenvalue weighted by Crippen LogP contribution is 2.32. The fourth-order valence-electron chi connectivity index (χ4n) is 3.56. The first-order valence-electron chi connectivity index (χ1n) is 7.83. The summed E-state index contributed by atoms with van der Waals surface area (Å²) >= 11 is 0. The number of benzene rings is 1. The van der Waals surface area contributed by atoms with Crippen molar-refractivity contribution in [1.82, 2.24) is 5.32 Å². The molecule has 1 aliphatic heterocycles. The highest BCUT2D eigenvalue weighted by atomic mass is 16.2. The van der Waals surface area contributed by atoms with Crippen LogP contribution < -0.4 is 10.6 Å². The van der Waals surface area contributed by atoms with Gasteiger partial charge in [-0.05, 0) is 55.9 Å². The van der Waals surface area contributed by atoms with Gasteiger partial charge in [-0.1, -0.05) is 12.8 Å². The molecule has 1 aliphatic carbocycles. The van der Waals surface area contributed by atoms with Gasteiger partial charge in [-0.2, -0.15) is 5.26 Å². The summed E-state index contributed by atoms with van der Waals surface area (Å²) in [6, 6.07) is 9.52. The number of hydrogen-bond acceptors (Lipinski definition) is 3. The van der Waals surface area contributed by atoms with Crippen LogP contribution in [0.3, 0.4) is 0 Å². The molecule has 3 rings (SSSR count). The molecule has 3 unspecified atom stereocenters. The van der Waals surface area contributed by atoms with Crippen molar-refractivity contribution >= 4 is 11.6 Å². The minimum absolute atomic E-state index is 0.0451. The topological polar surface area (TPSA) is 64.9 Å². The van der Waals surface area contributed by atoms with Crippen molar-refractivity contribution in [3.05, 3.63) is 29.8 Å². The lowest BCUT2D eigenvalue weighted by molar-refractivity contribution is -0.119. The molecular weight excluding hydrogens is 262 g/mol. The van der Waals surface area contributed by atoms with E-state index in [1.165, 1.54) is 25.7 Å². The molecule has 1 aromatic rings. The Balaban J connectivity index is 1.59. The number of piperidine rings is 1. The number of anilines is 1. The molecule has 1 amide bonds. The van der Waals surface area contributed by atoms with Gasteiger partial charge in [-0.25, -0.2) is 0 Å². The highest BCUT2D eigenvalue weighted by Gasteiger charge is 2.34. The second-order valence-electron chi connectivity index (χ2n) is 6.13. The van der Waals surface area contributed by atoms with E-state index in [1.807, 2.05) is 0 Å². The van der Waals surface area contributed by atoms with Crippen molar-refractivity contribution in [2.75, 3.05) is 5.32 Å². The predicted octanol–water partition coefficient (Wildman–Crippen LogP) is 2.81. The van der Waals surface area contributed by atoms with Crippen LogP contribution in [0.2, 0.25) is 0 Å². The average Bonchev–Trinajstić information content (AvgIpc) is 2.55. The van der Waals surface area contributed by atoms with E-state index in [4.69, 9.17) is 5.26 Å². The van der Waals surface area contributed by atoms with Gasteiger partial charge < -0.3 is 10.6 Å². The SMILES string of the molecule is N#Cc1ccc(NC(=O)C2CCC3CCCCC3N2)cc1. The number of carbonyl (C=O) groups is 1. The molecule has 2 fully saturated rings. The normalized spacial score (nSPS) is 28.2. The Hall–Kier alpha value is -1.86. The monoisotopic (exact) mass is 283 g/mol. The van der Waals surface area contributed by atoms with E-state index in [1.54, 1.807) is 24.3 Å². The fourth-order valence-corrected chi connectivity index (χ4v) is 3.56. The van der Waals surface area contributed by atoms with Gasteiger partial charge in [0.25, 0.3) is 0 Å². The summed E-state index contributed by atoms with van der Waals surface area (Å²) in [6.45, 7) is 0. The third kappa shape index (κ3) is 3.25. The van der Waals surface area contributed by atoms with Crippen molar-refractivity contribution in [3.8, 4) is 6.07 Å². The first-order valence-corrected chi connectivity index (χ1v) is 7.83. The number of nitriles is 1. The van der Waals surface area contributed by atoms with Crippen molar-refractivity contribution in [3.63, 3.8) is 0 Å². The van der Waals surface area contributed by atoms with Gasteiger partial charge in [0.05, 0.1) is 17.7 Å². The zero-order valence-electron chi connectivity index (χ0n) is 12.1. The lowest BCUT2D eigenvalue weighted by atomic mass is 9.77. The number of carbonyl (C=O) groups excluding carboxylic acids is 1. The molecule has 3 atom stereocenters. The zero-order chi connectivity index (χ0) is 14.7. The maximum Gasteiger partial charge on any atom is 0.241 e. The van der Waals surface area contributed by atoms with Crippen molar-refractivity contribution in [2.45, 2.75) is 50.6 Å². The van der Waals surface area contributed by atoms with Crippen LogP contribution in [0.5, 0.6) is 0 Å². The molecule has 2 aliphatic rings. The quantitative estimate of drug-likeness (QED) is 0.877. The first kappa shape index (κ1) is 14.1. The van der Waals surface area contributed by atoms with E-state index in [-0.39, 0.29) is 11.9 Å². The van der Waals surface area contributed by atoms with Crippen LogP contribution in [-0.4, -0.2) is 18.0 Å². The van der Waals surface area contributed by atoms with Crippen molar-refractivity contribution in [1.29, 1.82) is 5.26 Å². The standard InChI is InChI=1S/C17H21N3O/c18-11-12-5-8-14(9-6-12)19-17(21)16-10-7-13-3-1-2-4-15(13)20-16/h5-6,8-9,13,15-16,20H,1-4,7,10H2,(H,19,21). The maximum atomic E-state index is 12.4.